The number of hydrogen-bond donors (Lipinski definition) is 1. The van der Waals surface area contributed by atoms with Gasteiger partial charge in [0, 0.05) is 11.8 Å². The molecule has 0 aromatic heterocycles. The third kappa shape index (κ3) is 4.70. The van der Waals surface area contributed by atoms with Crippen LogP contribution in [0.2, 0.25) is 0 Å². The summed E-state index contributed by atoms with van der Waals surface area (Å²) in [4.78, 5) is 11.9. The van der Waals surface area contributed by atoms with Gasteiger partial charge in [0.05, 0.1) is 11.6 Å². The summed E-state index contributed by atoms with van der Waals surface area (Å²) in [7, 11) is 1.58. The van der Waals surface area contributed by atoms with Crippen molar-refractivity contribution in [3.63, 3.8) is 0 Å². The highest BCUT2D eigenvalue weighted by Crippen LogP contribution is 2.25. The summed E-state index contributed by atoms with van der Waals surface area (Å²) in [5.74, 6) is 0.433. The highest BCUT2D eigenvalue weighted by Gasteiger charge is 2.07. The number of amides is 1. The Morgan fingerprint density at radius 1 is 1.27 bits per heavy atom. The number of hydrazone groups is 1. The van der Waals surface area contributed by atoms with Crippen molar-refractivity contribution in [3.05, 3.63) is 64.1 Å². The van der Waals surface area contributed by atoms with Crippen LogP contribution < -0.4 is 10.2 Å². The molecule has 114 valence electrons. The van der Waals surface area contributed by atoms with Crippen LogP contribution in [0.1, 0.15) is 22.3 Å². The highest BCUT2D eigenvalue weighted by atomic mass is 79.9. The van der Waals surface area contributed by atoms with E-state index in [4.69, 9.17) is 4.74 Å². The van der Waals surface area contributed by atoms with E-state index in [-0.39, 0.29) is 5.91 Å². The van der Waals surface area contributed by atoms with Crippen molar-refractivity contribution in [3.8, 4) is 5.75 Å². The molecule has 0 saturated heterocycles. The molecule has 0 radical (unpaired) electrons. The van der Waals surface area contributed by atoms with E-state index < -0.39 is 0 Å². The molecule has 0 bridgehead atoms. The molecule has 1 N–H and O–H groups in total. The van der Waals surface area contributed by atoms with Crippen molar-refractivity contribution in [2.75, 3.05) is 7.11 Å². The van der Waals surface area contributed by atoms with Crippen molar-refractivity contribution in [1.82, 2.24) is 5.43 Å². The molecule has 4 nitrogen and oxygen atoms in total. The second-order valence-corrected chi connectivity index (χ2v) is 5.48. The van der Waals surface area contributed by atoms with Gasteiger partial charge in [0.1, 0.15) is 5.75 Å². The van der Waals surface area contributed by atoms with Gasteiger partial charge in [-0.2, -0.15) is 5.10 Å². The number of carbonyl (C=O) groups excluding carboxylic acids is 1. The van der Waals surface area contributed by atoms with Crippen LogP contribution in [0, 0.1) is 0 Å². The second-order valence-electron chi connectivity index (χ2n) is 4.63. The SMILES string of the molecule is COc1ccc(C(=O)NN=CCCc2ccccc2)cc1Br. The standard InChI is InChI=1S/C17H17BrN2O2/c1-22-16-10-9-14(12-15(16)18)17(21)20-19-11-5-8-13-6-3-2-4-7-13/h2-4,6-7,9-12H,5,8H2,1H3,(H,20,21). The zero-order chi connectivity index (χ0) is 15.8. The first kappa shape index (κ1) is 16.2. The molecule has 0 heterocycles. The summed E-state index contributed by atoms with van der Waals surface area (Å²) in [6, 6.07) is 15.3. The number of nitrogens with zero attached hydrogens (tertiary/aromatic N) is 1. The minimum absolute atomic E-state index is 0.251. The van der Waals surface area contributed by atoms with Crippen molar-refractivity contribution in [1.29, 1.82) is 0 Å². The van der Waals surface area contributed by atoms with E-state index in [1.54, 1.807) is 31.5 Å². The van der Waals surface area contributed by atoms with Gasteiger partial charge in [0.25, 0.3) is 5.91 Å². The Balaban J connectivity index is 1.82. The van der Waals surface area contributed by atoms with Crippen molar-refractivity contribution >= 4 is 28.1 Å². The number of benzene rings is 2. The molecule has 0 spiro atoms. The van der Waals surface area contributed by atoms with E-state index >= 15 is 0 Å². The summed E-state index contributed by atoms with van der Waals surface area (Å²) in [6.07, 6.45) is 3.38. The fraction of sp³-hybridized carbons (Fsp3) is 0.176. The Labute approximate surface area is 138 Å². The van der Waals surface area contributed by atoms with Gasteiger partial charge < -0.3 is 4.74 Å². The summed E-state index contributed by atoms with van der Waals surface area (Å²) < 4.78 is 5.86. The lowest BCUT2D eigenvalue weighted by Crippen LogP contribution is -2.17. The zero-order valence-corrected chi connectivity index (χ0v) is 13.8. The maximum Gasteiger partial charge on any atom is 0.271 e. The van der Waals surface area contributed by atoms with Gasteiger partial charge in [0.2, 0.25) is 0 Å². The molecule has 22 heavy (non-hydrogen) atoms. The molecule has 0 unspecified atom stereocenters. The molecular formula is C17H17BrN2O2. The smallest absolute Gasteiger partial charge is 0.271 e. The first-order valence-corrected chi connectivity index (χ1v) is 7.69. The monoisotopic (exact) mass is 360 g/mol. The molecule has 0 fully saturated rings. The fourth-order valence-corrected chi connectivity index (χ4v) is 2.46. The van der Waals surface area contributed by atoms with Gasteiger partial charge in [-0.25, -0.2) is 5.43 Å². The van der Waals surface area contributed by atoms with Crippen LogP contribution in [0.25, 0.3) is 0 Å². The first-order valence-electron chi connectivity index (χ1n) is 6.90. The normalized spacial score (nSPS) is 10.6. The third-order valence-corrected chi connectivity index (χ3v) is 3.70. The van der Waals surface area contributed by atoms with E-state index in [9.17, 15) is 4.79 Å². The van der Waals surface area contributed by atoms with Crippen LogP contribution in [0.3, 0.4) is 0 Å². The predicted octanol–water partition coefficient (Wildman–Crippen LogP) is 3.81. The molecule has 5 heteroatoms. The number of nitrogens with one attached hydrogen (secondary N) is 1. The van der Waals surface area contributed by atoms with E-state index in [1.165, 1.54) is 5.56 Å². The van der Waals surface area contributed by atoms with Gasteiger partial charge >= 0.3 is 0 Å². The Hall–Kier alpha value is -2.14. The lowest BCUT2D eigenvalue weighted by atomic mass is 10.1. The molecule has 2 aromatic carbocycles. The quantitative estimate of drug-likeness (QED) is 0.628. The topological polar surface area (TPSA) is 50.7 Å². The Kier molecular flexibility index (Phi) is 6.15. The number of ether oxygens (including phenoxy) is 1. The first-order chi connectivity index (χ1) is 10.7. The number of methoxy groups -OCH3 is 1. The molecule has 2 rings (SSSR count). The van der Waals surface area contributed by atoms with Crippen molar-refractivity contribution < 1.29 is 9.53 Å². The van der Waals surface area contributed by atoms with E-state index in [2.05, 4.69) is 38.6 Å². The largest absolute Gasteiger partial charge is 0.496 e. The summed E-state index contributed by atoms with van der Waals surface area (Å²) in [5, 5.41) is 3.96. The average Bonchev–Trinajstić information content (AvgIpc) is 2.55. The molecule has 0 saturated carbocycles. The lowest BCUT2D eigenvalue weighted by Gasteiger charge is -2.05. The molecule has 0 aliphatic carbocycles. The molecular weight excluding hydrogens is 344 g/mol. The van der Waals surface area contributed by atoms with Crippen LogP contribution in [-0.2, 0) is 6.42 Å². The van der Waals surface area contributed by atoms with Crippen LogP contribution in [-0.4, -0.2) is 19.2 Å². The highest BCUT2D eigenvalue weighted by molar-refractivity contribution is 9.10. The molecule has 0 atom stereocenters. The number of halogens is 1. The van der Waals surface area contributed by atoms with Crippen molar-refractivity contribution in [2.45, 2.75) is 12.8 Å². The zero-order valence-electron chi connectivity index (χ0n) is 12.3. The van der Waals surface area contributed by atoms with Crippen LogP contribution >= 0.6 is 15.9 Å². The third-order valence-electron chi connectivity index (χ3n) is 3.08. The average molecular weight is 361 g/mol. The maximum atomic E-state index is 11.9. The molecule has 1 amide bonds. The fourth-order valence-electron chi connectivity index (χ4n) is 1.92. The minimum Gasteiger partial charge on any atom is -0.496 e. The number of aryl methyl sites for hydroxylation is 1. The number of rotatable bonds is 6. The van der Waals surface area contributed by atoms with E-state index in [1.807, 2.05) is 18.2 Å². The summed E-state index contributed by atoms with van der Waals surface area (Å²) in [5.41, 5.74) is 4.29. The summed E-state index contributed by atoms with van der Waals surface area (Å²) >= 11 is 3.35. The Bertz CT molecular complexity index is 657. The van der Waals surface area contributed by atoms with Crippen LogP contribution in [0.5, 0.6) is 5.75 Å². The molecule has 0 aliphatic heterocycles. The Morgan fingerprint density at radius 3 is 2.73 bits per heavy atom. The Morgan fingerprint density at radius 2 is 2.05 bits per heavy atom. The molecule has 2 aromatic rings. The van der Waals surface area contributed by atoms with Gasteiger partial charge in [-0.05, 0) is 52.5 Å². The number of carbonyl (C=O) groups is 1. The number of hydrogen-bond acceptors (Lipinski definition) is 3. The predicted molar refractivity (Wildman–Crippen MR) is 91.4 cm³/mol. The van der Waals surface area contributed by atoms with Gasteiger partial charge in [-0.1, -0.05) is 30.3 Å². The minimum atomic E-state index is -0.251. The maximum absolute atomic E-state index is 11.9. The lowest BCUT2D eigenvalue weighted by molar-refractivity contribution is 0.0955. The van der Waals surface area contributed by atoms with Crippen LogP contribution in [0.4, 0.5) is 0 Å². The summed E-state index contributed by atoms with van der Waals surface area (Å²) in [6.45, 7) is 0. The van der Waals surface area contributed by atoms with Gasteiger partial charge in [-0.3, -0.25) is 4.79 Å². The van der Waals surface area contributed by atoms with Crippen molar-refractivity contribution in [2.24, 2.45) is 5.10 Å². The van der Waals surface area contributed by atoms with E-state index in [0.717, 1.165) is 17.3 Å². The molecule has 0 aliphatic rings. The van der Waals surface area contributed by atoms with Crippen LogP contribution in [0.15, 0.2) is 58.1 Å². The van der Waals surface area contributed by atoms with E-state index in [0.29, 0.717) is 11.3 Å². The van der Waals surface area contributed by atoms with Gasteiger partial charge in [-0.15, -0.1) is 0 Å². The van der Waals surface area contributed by atoms with Gasteiger partial charge in [0.15, 0.2) is 0 Å². The second kappa shape index (κ2) is 8.34.